The van der Waals surface area contributed by atoms with E-state index in [0.717, 1.165) is 5.82 Å². The molecular formula is C13H14BrN3O4. The fraction of sp³-hybridized carbons (Fsp3) is 0.308. The number of aromatic carboxylic acids is 1. The number of nitrogens with zero attached hydrogens (tertiary/aromatic N) is 3. The molecule has 1 N–H and O–H groups in total. The van der Waals surface area contributed by atoms with E-state index in [1.54, 1.807) is 0 Å². The van der Waals surface area contributed by atoms with Gasteiger partial charge in [-0.05, 0) is 35.0 Å². The number of methoxy groups -OCH3 is 1. The first-order valence-corrected chi connectivity index (χ1v) is 6.81. The lowest BCUT2D eigenvalue weighted by Crippen LogP contribution is -2.06. The zero-order valence-corrected chi connectivity index (χ0v) is 13.3. The number of benzene rings is 1. The predicted octanol–water partition coefficient (Wildman–Crippen LogP) is 2.17. The van der Waals surface area contributed by atoms with Crippen LogP contribution in [0.15, 0.2) is 16.6 Å². The molecule has 0 saturated heterocycles. The van der Waals surface area contributed by atoms with Gasteiger partial charge in [-0.25, -0.2) is 4.79 Å². The van der Waals surface area contributed by atoms with Crippen molar-refractivity contribution in [1.29, 1.82) is 0 Å². The van der Waals surface area contributed by atoms with Crippen molar-refractivity contribution in [3.63, 3.8) is 0 Å². The van der Waals surface area contributed by atoms with Gasteiger partial charge in [0.1, 0.15) is 12.4 Å². The Bertz CT molecular complexity index is 684. The predicted molar refractivity (Wildman–Crippen MR) is 77.7 cm³/mol. The third-order valence-electron chi connectivity index (χ3n) is 3.00. The second-order valence-electron chi connectivity index (χ2n) is 4.31. The maximum atomic E-state index is 11.0. The van der Waals surface area contributed by atoms with Crippen LogP contribution in [0.2, 0.25) is 0 Å². The van der Waals surface area contributed by atoms with E-state index in [-0.39, 0.29) is 12.2 Å². The zero-order chi connectivity index (χ0) is 15.6. The Morgan fingerprint density at radius 2 is 2.14 bits per heavy atom. The molecular weight excluding hydrogens is 342 g/mol. The summed E-state index contributed by atoms with van der Waals surface area (Å²) >= 11 is 3.29. The van der Waals surface area contributed by atoms with Gasteiger partial charge in [0.05, 0.1) is 17.1 Å². The summed E-state index contributed by atoms with van der Waals surface area (Å²) in [5.41, 5.74) is 0.112. The van der Waals surface area contributed by atoms with Crippen molar-refractivity contribution < 1.29 is 19.4 Å². The number of hydrogen-bond donors (Lipinski definition) is 1. The third kappa shape index (κ3) is 3.15. The van der Waals surface area contributed by atoms with Crippen molar-refractivity contribution in [2.45, 2.75) is 13.5 Å². The van der Waals surface area contributed by atoms with Gasteiger partial charge in [0, 0.05) is 7.05 Å². The largest absolute Gasteiger partial charge is 0.493 e. The van der Waals surface area contributed by atoms with Crippen molar-refractivity contribution in [1.82, 2.24) is 14.8 Å². The molecule has 0 fully saturated rings. The molecule has 0 aliphatic heterocycles. The number of ether oxygens (including phenoxy) is 2. The quantitative estimate of drug-likeness (QED) is 0.884. The highest BCUT2D eigenvalue weighted by molar-refractivity contribution is 9.10. The van der Waals surface area contributed by atoms with E-state index >= 15 is 0 Å². The number of aryl methyl sites for hydroxylation is 1. The van der Waals surface area contributed by atoms with Gasteiger partial charge in [-0.3, -0.25) is 0 Å². The molecule has 0 spiro atoms. The zero-order valence-electron chi connectivity index (χ0n) is 11.8. The molecule has 2 rings (SSSR count). The Labute approximate surface area is 129 Å². The van der Waals surface area contributed by atoms with Crippen LogP contribution in [0, 0.1) is 6.92 Å². The second-order valence-corrected chi connectivity index (χ2v) is 5.16. The van der Waals surface area contributed by atoms with E-state index in [4.69, 9.17) is 14.6 Å². The van der Waals surface area contributed by atoms with Crippen molar-refractivity contribution in [2.24, 2.45) is 7.05 Å². The van der Waals surface area contributed by atoms with Crippen LogP contribution in [-0.2, 0) is 13.7 Å². The Balaban J connectivity index is 2.27. The number of aromatic nitrogens is 3. The fourth-order valence-electron chi connectivity index (χ4n) is 1.70. The van der Waals surface area contributed by atoms with Gasteiger partial charge in [0.15, 0.2) is 17.3 Å². The molecule has 0 bridgehead atoms. The first kappa shape index (κ1) is 15.3. The number of halogens is 1. The molecule has 0 saturated carbocycles. The molecule has 0 unspecified atom stereocenters. The maximum absolute atomic E-state index is 11.0. The summed E-state index contributed by atoms with van der Waals surface area (Å²) in [5.74, 6) is 1.15. The lowest BCUT2D eigenvalue weighted by Gasteiger charge is -2.13. The van der Waals surface area contributed by atoms with Gasteiger partial charge in [0.2, 0.25) is 0 Å². The van der Waals surface area contributed by atoms with Crippen LogP contribution in [0.4, 0.5) is 0 Å². The minimum absolute atomic E-state index is 0.112. The Kier molecular flexibility index (Phi) is 4.46. The van der Waals surface area contributed by atoms with E-state index in [2.05, 4.69) is 26.1 Å². The van der Waals surface area contributed by atoms with E-state index in [0.29, 0.717) is 21.8 Å². The highest BCUT2D eigenvalue weighted by Crippen LogP contribution is 2.37. The minimum atomic E-state index is -1.04. The van der Waals surface area contributed by atoms with Crippen LogP contribution in [0.3, 0.4) is 0 Å². The molecule has 1 aromatic heterocycles. The van der Waals surface area contributed by atoms with Crippen LogP contribution >= 0.6 is 15.9 Å². The molecule has 0 aliphatic carbocycles. The number of hydrogen-bond acceptors (Lipinski definition) is 5. The van der Waals surface area contributed by atoms with Crippen molar-refractivity contribution in [3.05, 3.63) is 33.8 Å². The molecule has 0 amide bonds. The summed E-state index contributed by atoms with van der Waals surface area (Å²) in [6.45, 7) is 2.04. The molecule has 0 aliphatic rings. The molecule has 2 aromatic rings. The fourth-order valence-corrected chi connectivity index (χ4v) is 2.25. The number of carbonyl (C=O) groups is 1. The molecule has 0 atom stereocenters. The molecule has 0 radical (unpaired) electrons. The monoisotopic (exact) mass is 355 g/mol. The molecule has 112 valence electrons. The highest BCUT2D eigenvalue weighted by Gasteiger charge is 2.16. The molecule has 8 heteroatoms. The Morgan fingerprint density at radius 1 is 1.43 bits per heavy atom. The average molecular weight is 356 g/mol. The summed E-state index contributed by atoms with van der Waals surface area (Å²) in [4.78, 5) is 11.0. The summed E-state index contributed by atoms with van der Waals surface area (Å²) in [7, 11) is 3.29. The van der Waals surface area contributed by atoms with Gasteiger partial charge in [0.25, 0.3) is 0 Å². The van der Waals surface area contributed by atoms with Crippen LogP contribution in [-0.4, -0.2) is 33.0 Å². The van der Waals surface area contributed by atoms with E-state index in [1.807, 2.05) is 18.5 Å². The Hall–Kier alpha value is -2.09. The van der Waals surface area contributed by atoms with Crippen molar-refractivity contribution >= 4 is 21.9 Å². The minimum Gasteiger partial charge on any atom is -0.493 e. The lowest BCUT2D eigenvalue weighted by atomic mass is 10.2. The average Bonchev–Trinajstić information content (AvgIpc) is 2.76. The van der Waals surface area contributed by atoms with Gasteiger partial charge in [-0.15, -0.1) is 10.2 Å². The molecule has 1 heterocycles. The summed E-state index contributed by atoms with van der Waals surface area (Å²) in [6, 6.07) is 2.87. The van der Waals surface area contributed by atoms with Gasteiger partial charge >= 0.3 is 5.97 Å². The van der Waals surface area contributed by atoms with Gasteiger partial charge in [-0.1, -0.05) is 0 Å². The van der Waals surface area contributed by atoms with Gasteiger partial charge < -0.3 is 19.1 Å². The maximum Gasteiger partial charge on any atom is 0.335 e. The summed E-state index contributed by atoms with van der Waals surface area (Å²) < 4.78 is 13.2. The first-order chi connectivity index (χ1) is 9.93. The van der Waals surface area contributed by atoms with E-state index in [1.165, 1.54) is 19.2 Å². The molecule has 1 aromatic carbocycles. The number of carboxylic acid groups (broad SMARTS) is 1. The normalized spacial score (nSPS) is 10.5. The van der Waals surface area contributed by atoms with Crippen LogP contribution < -0.4 is 9.47 Å². The molecule has 21 heavy (non-hydrogen) atoms. The number of rotatable bonds is 5. The summed E-state index contributed by atoms with van der Waals surface area (Å²) in [6.07, 6.45) is 0. The first-order valence-electron chi connectivity index (χ1n) is 6.02. The second kappa shape index (κ2) is 6.13. The smallest absolute Gasteiger partial charge is 0.335 e. The molecule has 7 nitrogen and oxygen atoms in total. The van der Waals surface area contributed by atoms with Gasteiger partial charge in [-0.2, -0.15) is 0 Å². The summed E-state index contributed by atoms with van der Waals surface area (Å²) in [5, 5.41) is 17.0. The highest BCUT2D eigenvalue weighted by atomic mass is 79.9. The van der Waals surface area contributed by atoms with Crippen LogP contribution in [0.25, 0.3) is 0 Å². The van der Waals surface area contributed by atoms with Crippen molar-refractivity contribution in [2.75, 3.05) is 7.11 Å². The standard InChI is InChI=1S/C13H14BrN3O4/c1-7-15-16-11(17(7)2)6-21-12-9(14)4-8(13(18)19)5-10(12)20-3/h4-5H,6H2,1-3H3,(H,18,19). The van der Waals surface area contributed by atoms with Crippen LogP contribution in [0.5, 0.6) is 11.5 Å². The van der Waals surface area contributed by atoms with E-state index < -0.39 is 5.97 Å². The van der Waals surface area contributed by atoms with Crippen LogP contribution in [0.1, 0.15) is 22.0 Å². The SMILES string of the molecule is COc1cc(C(=O)O)cc(Br)c1OCc1nnc(C)n1C. The third-order valence-corrected chi connectivity index (χ3v) is 3.59. The Morgan fingerprint density at radius 3 is 2.67 bits per heavy atom. The lowest BCUT2D eigenvalue weighted by molar-refractivity contribution is 0.0696. The number of carboxylic acids is 1. The topological polar surface area (TPSA) is 86.5 Å². The van der Waals surface area contributed by atoms with Crippen molar-refractivity contribution in [3.8, 4) is 11.5 Å². The van der Waals surface area contributed by atoms with E-state index in [9.17, 15) is 4.79 Å².